The van der Waals surface area contributed by atoms with Crippen LogP contribution < -0.4 is 11.1 Å². The van der Waals surface area contributed by atoms with Crippen molar-refractivity contribution in [3.63, 3.8) is 0 Å². The summed E-state index contributed by atoms with van der Waals surface area (Å²) in [6.45, 7) is 0. The van der Waals surface area contributed by atoms with Crippen LogP contribution in [0.15, 0.2) is 24.3 Å². The maximum atomic E-state index is 12.7. The molecule has 4 bridgehead atoms. The zero-order valence-electron chi connectivity index (χ0n) is 13.5. The van der Waals surface area contributed by atoms with Crippen molar-refractivity contribution in [2.45, 2.75) is 44.1 Å². The van der Waals surface area contributed by atoms with Gasteiger partial charge in [0.25, 0.3) is 5.91 Å². The minimum absolute atomic E-state index is 0.159. The van der Waals surface area contributed by atoms with E-state index in [9.17, 15) is 9.59 Å². The molecule has 4 aliphatic carbocycles. The highest BCUT2D eigenvalue weighted by molar-refractivity contribution is 5.95. The van der Waals surface area contributed by atoms with E-state index in [1.54, 1.807) is 24.3 Å². The molecule has 2 unspecified atom stereocenters. The Kier molecular flexibility index (Phi) is 3.21. The fraction of sp³-hybridized carbons (Fsp3) is 0.526. The van der Waals surface area contributed by atoms with Crippen molar-refractivity contribution in [1.82, 2.24) is 5.32 Å². The predicted octanol–water partition coefficient (Wildman–Crippen LogP) is 2.11. The number of nitrogens with one attached hydrogen (secondary N) is 1. The summed E-state index contributed by atoms with van der Waals surface area (Å²) in [6, 6.07) is 8.80. The molecule has 2 atom stereocenters. The Morgan fingerprint density at radius 2 is 1.92 bits per heavy atom. The van der Waals surface area contributed by atoms with Gasteiger partial charge >= 0.3 is 0 Å². The molecule has 3 N–H and O–H groups in total. The number of benzene rings is 1. The number of hydrogen-bond acceptors (Lipinski definition) is 3. The van der Waals surface area contributed by atoms with E-state index in [2.05, 4.69) is 11.4 Å². The molecule has 124 valence electrons. The van der Waals surface area contributed by atoms with Gasteiger partial charge in [0.2, 0.25) is 5.91 Å². The Labute approximate surface area is 141 Å². The molecule has 1 aromatic rings. The number of hydrogen-bond donors (Lipinski definition) is 2. The first-order valence-electron chi connectivity index (χ1n) is 8.56. The van der Waals surface area contributed by atoms with E-state index in [1.807, 2.05) is 0 Å². The van der Waals surface area contributed by atoms with Crippen molar-refractivity contribution in [1.29, 1.82) is 5.26 Å². The Bertz CT molecular complexity index is 750. The van der Waals surface area contributed by atoms with Crippen molar-refractivity contribution < 1.29 is 9.59 Å². The van der Waals surface area contributed by atoms with Crippen molar-refractivity contribution in [3.05, 3.63) is 35.4 Å². The van der Waals surface area contributed by atoms with Gasteiger partial charge in [-0.2, -0.15) is 5.26 Å². The molecule has 0 aliphatic heterocycles. The average molecular weight is 323 g/mol. The second-order valence-electron chi connectivity index (χ2n) is 8.03. The Hall–Kier alpha value is -2.35. The van der Waals surface area contributed by atoms with Gasteiger partial charge in [0.05, 0.1) is 17.0 Å². The number of carbonyl (C=O) groups is 2. The van der Waals surface area contributed by atoms with Crippen LogP contribution in [0.4, 0.5) is 0 Å². The van der Waals surface area contributed by atoms with Gasteiger partial charge in [-0.05, 0) is 68.6 Å². The Balaban J connectivity index is 1.61. The maximum absolute atomic E-state index is 12.7. The quantitative estimate of drug-likeness (QED) is 0.891. The summed E-state index contributed by atoms with van der Waals surface area (Å²) in [5.41, 5.74) is 5.96. The summed E-state index contributed by atoms with van der Waals surface area (Å²) in [4.78, 5) is 24.8. The van der Waals surface area contributed by atoms with Gasteiger partial charge in [-0.15, -0.1) is 0 Å². The van der Waals surface area contributed by atoms with Crippen LogP contribution in [0.25, 0.3) is 0 Å². The third kappa shape index (κ3) is 2.29. The van der Waals surface area contributed by atoms with E-state index in [1.165, 1.54) is 0 Å². The molecule has 4 fully saturated rings. The largest absolute Gasteiger partial charge is 0.369 e. The molecule has 2 amide bonds. The average Bonchev–Trinajstić information content (AvgIpc) is 2.53. The molecule has 0 radical (unpaired) electrons. The second-order valence-corrected chi connectivity index (χ2v) is 8.03. The molecule has 5 heteroatoms. The molecule has 24 heavy (non-hydrogen) atoms. The highest BCUT2D eigenvalue weighted by Crippen LogP contribution is 2.61. The first kappa shape index (κ1) is 15.2. The van der Waals surface area contributed by atoms with Crippen molar-refractivity contribution in [2.75, 3.05) is 0 Å². The number of amides is 2. The third-order valence-electron chi connectivity index (χ3n) is 6.22. The summed E-state index contributed by atoms with van der Waals surface area (Å²) < 4.78 is 0. The number of primary amides is 1. The summed E-state index contributed by atoms with van der Waals surface area (Å²) in [5.74, 6) is 0.587. The lowest BCUT2D eigenvalue weighted by atomic mass is 9.46. The fourth-order valence-corrected chi connectivity index (χ4v) is 5.74. The lowest BCUT2D eigenvalue weighted by molar-refractivity contribution is -0.146. The lowest BCUT2D eigenvalue weighted by Crippen LogP contribution is -2.65. The zero-order valence-corrected chi connectivity index (χ0v) is 13.5. The second kappa shape index (κ2) is 5.07. The standard InChI is InChI=1S/C19H21N3O2/c20-10-12-2-1-3-15(5-12)16(23)22-19-8-13-4-14(9-19)7-18(6-13,11-19)17(21)24/h1-3,5,13-14H,4,6-9,11H2,(H2,21,24)(H,22,23). The van der Waals surface area contributed by atoms with Crippen LogP contribution in [0.2, 0.25) is 0 Å². The van der Waals surface area contributed by atoms with Gasteiger partial charge in [0.15, 0.2) is 0 Å². The van der Waals surface area contributed by atoms with E-state index in [-0.39, 0.29) is 17.4 Å². The summed E-state index contributed by atoms with van der Waals surface area (Å²) >= 11 is 0. The lowest BCUT2D eigenvalue weighted by Gasteiger charge is -2.61. The van der Waals surface area contributed by atoms with Crippen molar-refractivity contribution in [3.8, 4) is 6.07 Å². The highest BCUT2D eigenvalue weighted by Gasteiger charge is 2.60. The molecule has 4 saturated carbocycles. The van der Waals surface area contributed by atoms with Crippen molar-refractivity contribution >= 4 is 11.8 Å². The number of nitrogens with two attached hydrogens (primary N) is 1. The third-order valence-corrected chi connectivity index (χ3v) is 6.22. The van der Waals surface area contributed by atoms with Gasteiger partial charge in [-0.25, -0.2) is 0 Å². The monoisotopic (exact) mass is 323 g/mol. The normalized spacial score (nSPS) is 36.1. The summed E-state index contributed by atoms with van der Waals surface area (Å²) in [5, 5.41) is 12.2. The molecule has 5 nitrogen and oxygen atoms in total. The van der Waals surface area contributed by atoms with E-state index in [0.29, 0.717) is 29.4 Å². The maximum Gasteiger partial charge on any atom is 0.251 e. The van der Waals surface area contributed by atoms with Gasteiger partial charge < -0.3 is 11.1 Å². The number of nitrogens with zero attached hydrogens (tertiary/aromatic N) is 1. The molecule has 0 spiro atoms. The molecule has 5 rings (SSSR count). The minimum Gasteiger partial charge on any atom is -0.369 e. The van der Waals surface area contributed by atoms with Crippen LogP contribution in [0.3, 0.4) is 0 Å². The smallest absolute Gasteiger partial charge is 0.251 e. The molecule has 0 saturated heterocycles. The summed E-state index contributed by atoms with van der Waals surface area (Å²) in [7, 11) is 0. The van der Waals surface area contributed by atoms with Gasteiger partial charge in [0.1, 0.15) is 0 Å². The van der Waals surface area contributed by atoms with Gasteiger partial charge in [0, 0.05) is 11.1 Å². The van der Waals surface area contributed by atoms with E-state index in [4.69, 9.17) is 11.0 Å². The van der Waals surface area contributed by atoms with E-state index < -0.39 is 5.41 Å². The van der Waals surface area contributed by atoms with Gasteiger partial charge in [-0.1, -0.05) is 6.07 Å². The van der Waals surface area contributed by atoms with Crippen LogP contribution >= 0.6 is 0 Å². The van der Waals surface area contributed by atoms with Crippen LogP contribution in [0.1, 0.15) is 54.4 Å². The summed E-state index contributed by atoms with van der Waals surface area (Å²) in [6.07, 6.45) is 5.42. The highest BCUT2D eigenvalue weighted by atomic mass is 16.2. The number of rotatable bonds is 3. The first-order chi connectivity index (χ1) is 11.4. The van der Waals surface area contributed by atoms with Crippen LogP contribution in [-0.2, 0) is 4.79 Å². The number of nitriles is 1. The van der Waals surface area contributed by atoms with E-state index >= 15 is 0 Å². The molecule has 4 aliphatic rings. The van der Waals surface area contributed by atoms with Crippen molar-refractivity contribution in [2.24, 2.45) is 23.0 Å². The van der Waals surface area contributed by atoms with Crippen LogP contribution in [0.5, 0.6) is 0 Å². The molecular formula is C19H21N3O2. The molecule has 1 aromatic carbocycles. The molecular weight excluding hydrogens is 302 g/mol. The molecule has 0 aromatic heterocycles. The zero-order chi connectivity index (χ0) is 16.9. The van der Waals surface area contributed by atoms with Crippen LogP contribution in [-0.4, -0.2) is 17.4 Å². The minimum atomic E-state index is -0.439. The van der Waals surface area contributed by atoms with Crippen LogP contribution in [0, 0.1) is 28.6 Å². The van der Waals surface area contributed by atoms with Gasteiger partial charge in [-0.3, -0.25) is 9.59 Å². The first-order valence-corrected chi connectivity index (χ1v) is 8.56. The molecule has 0 heterocycles. The fourth-order valence-electron chi connectivity index (χ4n) is 5.74. The number of carbonyl (C=O) groups excluding carboxylic acids is 2. The Morgan fingerprint density at radius 3 is 2.54 bits per heavy atom. The Morgan fingerprint density at radius 1 is 1.21 bits per heavy atom. The topological polar surface area (TPSA) is 96.0 Å². The van der Waals surface area contributed by atoms with E-state index in [0.717, 1.165) is 32.1 Å². The SMILES string of the molecule is N#Cc1cccc(C(=O)NC23CC4CC(C2)CC(C(N)=O)(C4)C3)c1. The predicted molar refractivity (Wildman–Crippen MR) is 87.7 cm³/mol.